The van der Waals surface area contributed by atoms with E-state index in [4.69, 9.17) is 9.15 Å². The molecule has 0 aliphatic rings. The smallest absolute Gasteiger partial charge is 0.273 e. The van der Waals surface area contributed by atoms with E-state index in [2.05, 4.69) is 20.3 Å². The fourth-order valence-electron chi connectivity index (χ4n) is 2.74. The normalized spacial score (nSPS) is 12.1. The predicted octanol–water partition coefficient (Wildman–Crippen LogP) is 4.06. The van der Waals surface area contributed by atoms with Crippen molar-refractivity contribution in [2.45, 2.75) is 26.5 Å². The number of aryl methyl sites for hydroxylation is 1. The fraction of sp³-hybridized carbons (Fsp3) is 0.200. The van der Waals surface area contributed by atoms with Gasteiger partial charge in [-0.3, -0.25) is 9.78 Å². The summed E-state index contributed by atoms with van der Waals surface area (Å²) in [4.78, 5) is 25.3. The van der Waals surface area contributed by atoms with Gasteiger partial charge in [-0.05, 0) is 26.0 Å². The van der Waals surface area contributed by atoms with Crippen molar-refractivity contribution in [3.05, 3.63) is 70.5 Å². The Hall–Kier alpha value is -3.26. The van der Waals surface area contributed by atoms with E-state index in [0.717, 1.165) is 21.6 Å². The van der Waals surface area contributed by atoms with Crippen LogP contribution in [0.3, 0.4) is 0 Å². The number of carbonyl (C=O) groups is 1. The third kappa shape index (κ3) is 3.86. The molecule has 8 heteroatoms. The van der Waals surface area contributed by atoms with Crippen LogP contribution in [0.15, 0.2) is 52.6 Å². The molecule has 1 aromatic carbocycles. The van der Waals surface area contributed by atoms with Crippen molar-refractivity contribution in [2.75, 3.05) is 0 Å². The Labute approximate surface area is 165 Å². The van der Waals surface area contributed by atoms with Gasteiger partial charge in [0.25, 0.3) is 5.91 Å². The van der Waals surface area contributed by atoms with Crippen LogP contribution >= 0.6 is 11.3 Å². The molecule has 4 rings (SSSR count). The maximum atomic E-state index is 12.4. The number of hydrogen-bond donors (Lipinski definition) is 1. The summed E-state index contributed by atoms with van der Waals surface area (Å²) in [7, 11) is 0. The molecule has 1 N–H and O–H groups in total. The molecule has 0 bridgehead atoms. The summed E-state index contributed by atoms with van der Waals surface area (Å²) < 4.78 is 11.2. The maximum absolute atomic E-state index is 12.4. The topological polar surface area (TPSA) is 90.1 Å². The summed E-state index contributed by atoms with van der Waals surface area (Å²) in [6, 6.07) is 9.33. The minimum absolute atomic E-state index is 0.101. The van der Waals surface area contributed by atoms with Gasteiger partial charge in [-0.1, -0.05) is 18.2 Å². The van der Waals surface area contributed by atoms with Crippen molar-refractivity contribution in [1.82, 2.24) is 20.3 Å². The highest BCUT2D eigenvalue weighted by atomic mass is 32.1. The van der Waals surface area contributed by atoms with Gasteiger partial charge in [-0.15, -0.1) is 11.3 Å². The van der Waals surface area contributed by atoms with Crippen LogP contribution in [0, 0.1) is 6.92 Å². The zero-order valence-electron chi connectivity index (χ0n) is 15.4. The van der Waals surface area contributed by atoms with E-state index in [1.165, 1.54) is 6.26 Å². The van der Waals surface area contributed by atoms with Crippen LogP contribution in [0.1, 0.15) is 40.0 Å². The first-order valence-corrected chi connectivity index (χ1v) is 9.62. The van der Waals surface area contributed by atoms with Gasteiger partial charge < -0.3 is 14.5 Å². The minimum atomic E-state index is -0.319. The van der Waals surface area contributed by atoms with E-state index in [1.807, 2.05) is 49.6 Å². The summed E-state index contributed by atoms with van der Waals surface area (Å²) in [6.07, 6.45) is 3.04. The average Bonchev–Trinajstić information content (AvgIpc) is 3.35. The number of oxazole rings is 1. The van der Waals surface area contributed by atoms with Crippen LogP contribution in [0.2, 0.25) is 0 Å². The summed E-state index contributed by atoms with van der Waals surface area (Å²) in [5, 5.41) is 6.74. The number of thiazole rings is 1. The lowest BCUT2D eigenvalue weighted by molar-refractivity contribution is 0.0934. The lowest BCUT2D eigenvalue weighted by Crippen LogP contribution is -2.27. The average molecular weight is 394 g/mol. The van der Waals surface area contributed by atoms with Gasteiger partial charge in [0, 0.05) is 17.0 Å². The molecule has 0 fully saturated rings. The zero-order valence-corrected chi connectivity index (χ0v) is 16.2. The van der Waals surface area contributed by atoms with Gasteiger partial charge >= 0.3 is 0 Å². The number of aromatic nitrogens is 3. The van der Waals surface area contributed by atoms with Crippen LogP contribution < -0.4 is 10.1 Å². The summed E-state index contributed by atoms with van der Waals surface area (Å²) >= 11 is 1.55. The Bertz CT molecular complexity index is 1120. The zero-order chi connectivity index (χ0) is 19.5. The molecule has 0 saturated carbocycles. The minimum Gasteiger partial charge on any atom is -0.482 e. The molecule has 0 radical (unpaired) electrons. The van der Waals surface area contributed by atoms with E-state index in [1.54, 1.807) is 17.5 Å². The number of para-hydroxylation sites is 1. The summed E-state index contributed by atoms with van der Waals surface area (Å²) in [6.45, 7) is 3.91. The highest BCUT2D eigenvalue weighted by molar-refractivity contribution is 7.09. The molecular weight excluding hydrogens is 376 g/mol. The number of ether oxygens (including phenoxy) is 1. The van der Waals surface area contributed by atoms with E-state index in [9.17, 15) is 4.79 Å². The standard InChI is InChI=1S/C20H18N4O3S/c1-12(16-11-28-13(2)23-16)22-20(25)15-9-27-18(24-15)10-26-17-7-3-5-14-6-4-8-21-19(14)17/h3-9,11-12H,10H2,1-2H3,(H,22,25)/t12-/m0/s1. The second kappa shape index (κ2) is 7.77. The molecule has 4 aromatic rings. The molecule has 0 spiro atoms. The van der Waals surface area contributed by atoms with E-state index >= 15 is 0 Å². The molecular formula is C20H18N4O3S. The number of nitrogens with zero attached hydrogens (tertiary/aromatic N) is 3. The molecule has 3 heterocycles. The van der Waals surface area contributed by atoms with Crippen LogP contribution in [0.25, 0.3) is 10.9 Å². The van der Waals surface area contributed by atoms with Crippen molar-refractivity contribution in [1.29, 1.82) is 0 Å². The fourth-order valence-corrected chi connectivity index (χ4v) is 3.44. The number of rotatable bonds is 6. The van der Waals surface area contributed by atoms with Crippen molar-refractivity contribution < 1.29 is 13.9 Å². The molecule has 0 saturated heterocycles. The van der Waals surface area contributed by atoms with Crippen LogP contribution in [-0.2, 0) is 6.61 Å². The Balaban J connectivity index is 1.40. The van der Waals surface area contributed by atoms with Crippen molar-refractivity contribution in [3.8, 4) is 5.75 Å². The molecule has 1 amide bonds. The van der Waals surface area contributed by atoms with Gasteiger partial charge in [0.2, 0.25) is 5.89 Å². The molecule has 0 unspecified atom stereocenters. The van der Waals surface area contributed by atoms with Gasteiger partial charge in [0.1, 0.15) is 17.5 Å². The first-order chi connectivity index (χ1) is 13.6. The van der Waals surface area contributed by atoms with E-state index < -0.39 is 0 Å². The first kappa shape index (κ1) is 18.1. The number of benzene rings is 1. The number of hydrogen-bond acceptors (Lipinski definition) is 7. The lowest BCUT2D eigenvalue weighted by Gasteiger charge is -2.09. The second-order valence-corrected chi connectivity index (χ2v) is 7.30. The van der Waals surface area contributed by atoms with Gasteiger partial charge in [-0.2, -0.15) is 0 Å². The third-order valence-corrected chi connectivity index (χ3v) is 4.95. The number of nitrogens with one attached hydrogen (secondary N) is 1. The van der Waals surface area contributed by atoms with Gasteiger partial charge in [-0.25, -0.2) is 9.97 Å². The lowest BCUT2D eigenvalue weighted by atomic mass is 10.2. The van der Waals surface area contributed by atoms with Crippen LogP contribution in [0.4, 0.5) is 0 Å². The molecule has 1 atom stereocenters. The summed E-state index contributed by atoms with van der Waals surface area (Å²) in [5.74, 6) is 0.630. The molecule has 3 aromatic heterocycles. The van der Waals surface area contributed by atoms with Crippen molar-refractivity contribution in [2.24, 2.45) is 0 Å². The van der Waals surface area contributed by atoms with Gasteiger partial charge in [0.05, 0.1) is 16.7 Å². The molecule has 0 aliphatic heterocycles. The molecule has 0 aliphatic carbocycles. The second-order valence-electron chi connectivity index (χ2n) is 6.23. The predicted molar refractivity (Wildman–Crippen MR) is 105 cm³/mol. The number of fused-ring (bicyclic) bond motifs is 1. The Kier molecular flexibility index (Phi) is 5.03. The SMILES string of the molecule is Cc1nc([C@H](C)NC(=O)c2coc(COc3cccc4cccnc34)n2)cs1. The Morgan fingerprint density at radius 2 is 2.14 bits per heavy atom. The highest BCUT2D eigenvalue weighted by Gasteiger charge is 2.17. The van der Waals surface area contributed by atoms with Crippen molar-refractivity contribution in [3.63, 3.8) is 0 Å². The van der Waals surface area contributed by atoms with Gasteiger partial charge in [0.15, 0.2) is 12.3 Å². The van der Waals surface area contributed by atoms with E-state index in [-0.39, 0.29) is 24.2 Å². The summed E-state index contributed by atoms with van der Waals surface area (Å²) in [5.41, 5.74) is 1.79. The molecule has 7 nitrogen and oxygen atoms in total. The van der Waals surface area contributed by atoms with Crippen LogP contribution in [0.5, 0.6) is 5.75 Å². The highest BCUT2D eigenvalue weighted by Crippen LogP contribution is 2.24. The number of pyridine rings is 1. The maximum Gasteiger partial charge on any atom is 0.273 e. The first-order valence-electron chi connectivity index (χ1n) is 8.74. The monoisotopic (exact) mass is 394 g/mol. The number of carbonyl (C=O) groups excluding carboxylic acids is 1. The molecule has 142 valence electrons. The van der Waals surface area contributed by atoms with Crippen LogP contribution in [-0.4, -0.2) is 20.9 Å². The number of amides is 1. The van der Waals surface area contributed by atoms with Crippen molar-refractivity contribution >= 4 is 28.1 Å². The Morgan fingerprint density at radius 3 is 2.96 bits per heavy atom. The largest absolute Gasteiger partial charge is 0.482 e. The Morgan fingerprint density at radius 1 is 1.29 bits per heavy atom. The quantitative estimate of drug-likeness (QED) is 0.530. The third-order valence-electron chi connectivity index (χ3n) is 4.16. The van der Waals surface area contributed by atoms with E-state index in [0.29, 0.717) is 11.6 Å². The molecule has 28 heavy (non-hydrogen) atoms.